The summed E-state index contributed by atoms with van der Waals surface area (Å²) >= 11 is 0. The van der Waals surface area contributed by atoms with Crippen LogP contribution in [0.4, 0.5) is 5.95 Å². The number of nitrogens with one attached hydrogen (secondary N) is 1. The lowest BCUT2D eigenvalue weighted by Gasteiger charge is -2.17. The van der Waals surface area contributed by atoms with Crippen LogP contribution in [-0.4, -0.2) is 22.9 Å². The van der Waals surface area contributed by atoms with Crippen molar-refractivity contribution in [3.63, 3.8) is 0 Å². The largest absolute Gasteiger partial charge is 0.368 e. The highest BCUT2D eigenvalue weighted by Gasteiger charge is 2.20. The van der Waals surface area contributed by atoms with E-state index in [1.165, 1.54) is 0 Å². The molecular formula is C10H14N4O. The molecule has 80 valence electrons. The Morgan fingerprint density at radius 2 is 2.07 bits per heavy atom. The van der Waals surface area contributed by atoms with Gasteiger partial charge >= 0.3 is 0 Å². The van der Waals surface area contributed by atoms with Crippen molar-refractivity contribution in [2.24, 2.45) is 0 Å². The molecule has 0 saturated heterocycles. The van der Waals surface area contributed by atoms with E-state index in [9.17, 15) is 4.79 Å². The number of nitrogen functional groups attached to an aromatic ring is 1. The van der Waals surface area contributed by atoms with E-state index in [2.05, 4.69) is 15.3 Å². The second-order valence-corrected chi connectivity index (χ2v) is 3.64. The van der Waals surface area contributed by atoms with Gasteiger partial charge in [0.25, 0.3) is 5.91 Å². The number of carbonyl (C=O) groups is 1. The zero-order chi connectivity index (χ0) is 10.8. The van der Waals surface area contributed by atoms with Gasteiger partial charge in [0.2, 0.25) is 5.95 Å². The van der Waals surface area contributed by atoms with Crippen LogP contribution in [0.25, 0.3) is 0 Å². The first kappa shape index (κ1) is 9.89. The highest BCUT2D eigenvalue weighted by atomic mass is 16.1. The average Bonchev–Trinajstić information content (AvgIpc) is 2.26. The fraction of sp³-hybridized carbons (Fsp3) is 0.500. The van der Waals surface area contributed by atoms with Crippen LogP contribution in [0.3, 0.4) is 0 Å². The first-order valence-electron chi connectivity index (χ1n) is 5.09. The Bertz CT molecular complexity index is 403. The van der Waals surface area contributed by atoms with E-state index >= 15 is 0 Å². The third-order valence-corrected chi connectivity index (χ3v) is 2.64. The quantitative estimate of drug-likeness (QED) is 0.692. The van der Waals surface area contributed by atoms with E-state index < -0.39 is 0 Å². The van der Waals surface area contributed by atoms with Crippen molar-refractivity contribution in [2.75, 3.05) is 12.8 Å². The molecule has 1 heterocycles. The van der Waals surface area contributed by atoms with Crippen molar-refractivity contribution in [2.45, 2.75) is 25.7 Å². The zero-order valence-corrected chi connectivity index (χ0v) is 8.71. The summed E-state index contributed by atoms with van der Waals surface area (Å²) in [4.78, 5) is 19.8. The fourth-order valence-electron chi connectivity index (χ4n) is 1.92. The van der Waals surface area contributed by atoms with Gasteiger partial charge in [-0.05, 0) is 25.7 Å². The standard InChI is InChI=1S/C10H14N4O/c1-12-9(15)8-6-4-2-3-5-7(6)13-10(11)14-8/h2-5H2,1H3,(H,12,15)(H2,11,13,14). The van der Waals surface area contributed by atoms with E-state index in [0.717, 1.165) is 36.9 Å². The van der Waals surface area contributed by atoms with Gasteiger partial charge in [-0.1, -0.05) is 0 Å². The number of anilines is 1. The number of carbonyl (C=O) groups excluding carboxylic acids is 1. The highest BCUT2D eigenvalue weighted by molar-refractivity contribution is 5.94. The van der Waals surface area contributed by atoms with Gasteiger partial charge in [0.05, 0.1) is 0 Å². The van der Waals surface area contributed by atoms with Gasteiger partial charge in [0.15, 0.2) is 0 Å². The third kappa shape index (κ3) is 1.77. The SMILES string of the molecule is CNC(=O)c1nc(N)nc2c1CCCC2. The maximum Gasteiger partial charge on any atom is 0.270 e. The van der Waals surface area contributed by atoms with Gasteiger partial charge in [-0.3, -0.25) is 4.79 Å². The third-order valence-electron chi connectivity index (χ3n) is 2.64. The number of fused-ring (bicyclic) bond motifs is 1. The van der Waals surface area contributed by atoms with Gasteiger partial charge in [0, 0.05) is 18.3 Å². The molecule has 0 saturated carbocycles. The monoisotopic (exact) mass is 206 g/mol. The molecule has 1 amide bonds. The number of hydrogen-bond donors (Lipinski definition) is 2. The molecule has 5 heteroatoms. The Hall–Kier alpha value is -1.65. The van der Waals surface area contributed by atoms with Gasteiger partial charge < -0.3 is 11.1 Å². The highest BCUT2D eigenvalue weighted by Crippen LogP contribution is 2.22. The van der Waals surface area contributed by atoms with Crippen molar-refractivity contribution in [3.05, 3.63) is 17.0 Å². The molecule has 0 atom stereocenters. The first-order chi connectivity index (χ1) is 7.22. The Morgan fingerprint density at radius 1 is 1.33 bits per heavy atom. The molecule has 2 rings (SSSR count). The maximum absolute atomic E-state index is 11.6. The van der Waals surface area contributed by atoms with E-state index in [4.69, 9.17) is 5.73 Å². The molecule has 0 fully saturated rings. The minimum Gasteiger partial charge on any atom is -0.368 e. The zero-order valence-electron chi connectivity index (χ0n) is 8.71. The van der Waals surface area contributed by atoms with Crippen LogP contribution < -0.4 is 11.1 Å². The lowest BCUT2D eigenvalue weighted by molar-refractivity contribution is 0.0956. The Kier molecular flexibility index (Phi) is 2.53. The summed E-state index contributed by atoms with van der Waals surface area (Å²) in [6.07, 6.45) is 3.96. The molecular weight excluding hydrogens is 192 g/mol. The average molecular weight is 206 g/mol. The van der Waals surface area contributed by atoms with Crippen LogP contribution in [0.2, 0.25) is 0 Å². The Balaban J connectivity index is 2.52. The number of aryl methyl sites for hydroxylation is 1. The predicted octanol–water partition coefficient (Wildman–Crippen LogP) is 0.297. The van der Waals surface area contributed by atoms with Crippen molar-refractivity contribution in [3.8, 4) is 0 Å². The molecule has 1 aromatic heterocycles. The summed E-state index contributed by atoms with van der Waals surface area (Å²) in [6, 6.07) is 0. The molecule has 15 heavy (non-hydrogen) atoms. The molecule has 1 aromatic rings. The number of hydrogen-bond acceptors (Lipinski definition) is 4. The molecule has 1 aliphatic rings. The van der Waals surface area contributed by atoms with Gasteiger partial charge in [-0.2, -0.15) is 0 Å². The van der Waals surface area contributed by atoms with Crippen molar-refractivity contribution >= 4 is 11.9 Å². The van der Waals surface area contributed by atoms with Crippen LogP contribution in [0.5, 0.6) is 0 Å². The van der Waals surface area contributed by atoms with Crippen LogP contribution in [0, 0.1) is 0 Å². The summed E-state index contributed by atoms with van der Waals surface area (Å²) in [5.41, 5.74) is 7.92. The number of nitrogens with zero attached hydrogens (tertiary/aromatic N) is 2. The molecule has 1 aliphatic carbocycles. The van der Waals surface area contributed by atoms with Gasteiger partial charge in [0.1, 0.15) is 5.69 Å². The Labute approximate surface area is 88.1 Å². The number of amides is 1. The summed E-state index contributed by atoms with van der Waals surface area (Å²) < 4.78 is 0. The summed E-state index contributed by atoms with van der Waals surface area (Å²) in [7, 11) is 1.59. The lowest BCUT2D eigenvalue weighted by Crippen LogP contribution is -2.24. The minimum atomic E-state index is -0.178. The first-order valence-corrected chi connectivity index (χ1v) is 5.09. The number of aromatic nitrogens is 2. The second-order valence-electron chi connectivity index (χ2n) is 3.64. The Morgan fingerprint density at radius 3 is 2.80 bits per heavy atom. The molecule has 0 aliphatic heterocycles. The molecule has 0 spiro atoms. The van der Waals surface area contributed by atoms with E-state index in [-0.39, 0.29) is 11.9 Å². The molecule has 0 aromatic carbocycles. The predicted molar refractivity (Wildman–Crippen MR) is 56.5 cm³/mol. The normalized spacial score (nSPS) is 14.5. The van der Waals surface area contributed by atoms with Crippen LogP contribution >= 0.6 is 0 Å². The second kappa shape index (κ2) is 3.84. The van der Waals surface area contributed by atoms with E-state index in [1.807, 2.05) is 0 Å². The fourth-order valence-corrected chi connectivity index (χ4v) is 1.92. The minimum absolute atomic E-state index is 0.178. The smallest absolute Gasteiger partial charge is 0.270 e. The molecule has 5 nitrogen and oxygen atoms in total. The van der Waals surface area contributed by atoms with E-state index in [0.29, 0.717) is 5.69 Å². The van der Waals surface area contributed by atoms with E-state index in [1.54, 1.807) is 7.05 Å². The molecule has 3 N–H and O–H groups in total. The molecule has 0 unspecified atom stereocenters. The van der Waals surface area contributed by atoms with Gasteiger partial charge in [-0.25, -0.2) is 9.97 Å². The summed E-state index contributed by atoms with van der Waals surface area (Å²) in [5, 5.41) is 2.57. The van der Waals surface area contributed by atoms with Crippen molar-refractivity contribution in [1.29, 1.82) is 0 Å². The van der Waals surface area contributed by atoms with Crippen molar-refractivity contribution < 1.29 is 4.79 Å². The van der Waals surface area contributed by atoms with Crippen LogP contribution in [0.1, 0.15) is 34.6 Å². The number of rotatable bonds is 1. The molecule has 0 radical (unpaired) electrons. The number of nitrogens with two attached hydrogens (primary N) is 1. The van der Waals surface area contributed by atoms with Crippen LogP contribution in [0.15, 0.2) is 0 Å². The van der Waals surface area contributed by atoms with Crippen molar-refractivity contribution in [1.82, 2.24) is 15.3 Å². The topological polar surface area (TPSA) is 80.9 Å². The molecule has 0 bridgehead atoms. The maximum atomic E-state index is 11.6. The summed E-state index contributed by atoms with van der Waals surface area (Å²) in [5.74, 6) is 0.0106. The van der Waals surface area contributed by atoms with Crippen LogP contribution in [-0.2, 0) is 12.8 Å². The summed E-state index contributed by atoms with van der Waals surface area (Å²) in [6.45, 7) is 0. The van der Waals surface area contributed by atoms with Gasteiger partial charge in [-0.15, -0.1) is 0 Å². The lowest BCUT2D eigenvalue weighted by atomic mass is 9.94.